The van der Waals surface area contributed by atoms with Crippen LogP contribution < -0.4 is 5.73 Å². The minimum Gasteiger partial charge on any atom is -0.339 e. The summed E-state index contributed by atoms with van der Waals surface area (Å²) in [7, 11) is 0. The van der Waals surface area contributed by atoms with Crippen molar-refractivity contribution in [3.05, 3.63) is 35.2 Å². The summed E-state index contributed by atoms with van der Waals surface area (Å²) in [5.74, 6) is 2.01. The van der Waals surface area contributed by atoms with Crippen molar-refractivity contribution in [3.8, 4) is 11.4 Å². The number of nitrogens with two attached hydrogens (primary N) is 1. The summed E-state index contributed by atoms with van der Waals surface area (Å²) in [5, 5.41) is 4.07. The Morgan fingerprint density at radius 2 is 1.95 bits per heavy atom. The van der Waals surface area contributed by atoms with Crippen LogP contribution >= 0.6 is 24.8 Å². The lowest BCUT2D eigenvalue weighted by Gasteiger charge is -2.04. The van der Waals surface area contributed by atoms with Gasteiger partial charge in [-0.3, -0.25) is 0 Å². The smallest absolute Gasteiger partial charge is 0.230 e. The lowest BCUT2D eigenvalue weighted by Crippen LogP contribution is -2.04. The zero-order valence-electron chi connectivity index (χ0n) is 10.9. The molecule has 2 aromatic rings. The van der Waals surface area contributed by atoms with E-state index in [1.165, 1.54) is 24.0 Å². The molecule has 2 aliphatic carbocycles. The average molecular weight is 314 g/mol. The molecule has 1 atom stereocenters. The van der Waals surface area contributed by atoms with E-state index < -0.39 is 0 Å². The van der Waals surface area contributed by atoms with Crippen LogP contribution in [0.3, 0.4) is 0 Å². The topological polar surface area (TPSA) is 64.9 Å². The van der Waals surface area contributed by atoms with Gasteiger partial charge >= 0.3 is 0 Å². The number of nitrogens with zero attached hydrogens (tertiary/aromatic N) is 2. The van der Waals surface area contributed by atoms with Gasteiger partial charge in [0.05, 0.1) is 0 Å². The van der Waals surface area contributed by atoms with Crippen molar-refractivity contribution in [1.29, 1.82) is 0 Å². The maximum atomic E-state index is 6.04. The molecule has 4 rings (SSSR count). The molecular formula is C14H17Cl2N3O. The van der Waals surface area contributed by atoms with Gasteiger partial charge in [0, 0.05) is 17.5 Å². The first-order chi connectivity index (χ1) is 8.81. The van der Waals surface area contributed by atoms with Crippen LogP contribution in [0.5, 0.6) is 0 Å². The standard InChI is InChI=1S/C14H15N3O.2ClH/c15-12-6-4-9-7-10(3-5-11(9)12)13-16-14(18-17-13)8-1-2-8;;/h3,5,7-8,12H,1-2,4,6,15H2;2*1H/t12-;;/m1../s1. The van der Waals surface area contributed by atoms with Gasteiger partial charge in [-0.15, -0.1) is 24.8 Å². The average Bonchev–Trinajstić information content (AvgIpc) is 3.01. The minimum absolute atomic E-state index is 0. The summed E-state index contributed by atoms with van der Waals surface area (Å²) in [5.41, 5.74) is 9.68. The molecule has 0 bridgehead atoms. The van der Waals surface area contributed by atoms with Crippen molar-refractivity contribution >= 4 is 24.8 Å². The molecule has 108 valence electrons. The molecule has 1 saturated carbocycles. The molecule has 0 spiro atoms. The molecule has 2 aliphatic rings. The number of aryl methyl sites for hydroxylation is 1. The maximum absolute atomic E-state index is 6.04. The first-order valence-corrected chi connectivity index (χ1v) is 6.53. The lowest BCUT2D eigenvalue weighted by molar-refractivity contribution is 0.380. The Bertz CT molecular complexity index is 610. The molecule has 1 heterocycles. The van der Waals surface area contributed by atoms with Crippen LogP contribution in [-0.2, 0) is 6.42 Å². The quantitative estimate of drug-likeness (QED) is 0.922. The molecule has 0 aliphatic heterocycles. The van der Waals surface area contributed by atoms with E-state index in [0.29, 0.717) is 11.7 Å². The molecule has 20 heavy (non-hydrogen) atoms. The Morgan fingerprint density at radius 1 is 1.15 bits per heavy atom. The summed E-state index contributed by atoms with van der Waals surface area (Å²) in [4.78, 5) is 4.48. The van der Waals surface area contributed by atoms with Crippen molar-refractivity contribution in [2.75, 3.05) is 0 Å². The highest BCUT2D eigenvalue weighted by Gasteiger charge is 2.30. The fraction of sp³-hybridized carbons (Fsp3) is 0.429. The highest BCUT2D eigenvalue weighted by molar-refractivity contribution is 5.85. The van der Waals surface area contributed by atoms with E-state index in [4.69, 9.17) is 10.3 Å². The monoisotopic (exact) mass is 313 g/mol. The molecule has 4 nitrogen and oxygen atoms in total. The second kappa shape index (κ2) is 5.72. The molecule has 1 aromatic carbocycles. The van der Waals surface area contributed by atoms with Gasteiger partial charge in [-0.25, -0.2) is 0 Å². The number of fused-ring (bicyclic) bond motifs is 1. The largest absolute Gasteiger partial charge is 0.339 e. The maximum Gasteiger partial charge on any atom is 0.230 e. The van der Waals surface area contributed by atoms with Crippen LogP contribution in [0.2, 0.25) is 0 Å². The van der Waals surface area contributed by atoms with E-state index in [2.05, 4.69) is 22.3 Å². The second-order valence-electron chi connectivity index (χ2n) is 5.29. The van der Waals surface area contributed by atoms with Gasteiger partial charge in [-0.1, -0.05) is 17.3 Å². The molecule has 1 fully saturated rings. The highest BCUT2D eigenvalue weighted by Crippen LogP contribution is 2.40. The molecule has 0 amide bonds. The Labute approximate surface area is 129 Å². The summed E-state index contributed by atoms with van der Waals surface area (Å²) < 4.78 is 5.30. The number of aromatic nitrogens is 2. The molecule has 6 heteroatoms. The summed E-state index contributed by atoms with van der Waals surface area (Å²) >= 11 is 0. The number of halogens is 2. The van der Waals surface area contributed by atoms with Gasteiger partial charge in [-0.05, 0) is 42.9 Å². The van der Waals surface area contributed by atoms with E-state index in [0.717, 1.165) is 24.3 Å². The Kier molecular flexibility index (Phi) is 4.37. The van der Waals surface area contributed by atoms with Gasteiger partial charge in [-0.2, -0.15) is 4.98 Å². The third kappa shape index (κ3) is 2.55. The fourth-order valence-corrected chi connectivity index (χ4v) is 2.64. The lowest BCUT2D eigenvalue weighted by atomic mass is 10.0. The zero-order chi connectivity index (χ0) is 12.1. The van der Waals surface area contributed by atoms with Crippen molar-refractivity contribution < 1.29 is 4.52 Å². The molecule has 1 aromatic heterocycles. The molecule has 0 unspecified atom stereocenters. The normalized spacial score (nSPS) is 19.9. The van der Waals surface area contributed by atoms with Crippen LogP contribution in [0.25, 0.3) is 11.4 Å². The predicted octanol–water partition coefficient (Wildman–Crippen LogP) is 3.40. The van der Waals surface area contributed by atoms with E-state index >= 15 is 0 Å². The molecule has 0 saturated heterocycles. The number of hydrogen-bond donors (Lipinski definition) is 1. The Morgan fingerprint density at radius 3 is 2.70 bits per heavy atom. The van der Waals surface area contributed by atoms with Crippen molar-refractivity contribution in [3.63, 3.8) is 0 Å². The molecule has 0 radical (unpaired) electrons. The van der Waals surface area contributed by atoms with E-state index in [1.54, 1.807) is 0 Å². The van der Waals surface area contributed by atoms with Gasteiger partial charge in [0.2, 0.25) is 11.7 Å². The second-order valence-corrected chi connectivity index (χ2v) is 5.29. The van der Waals surface area contributed by atoms with Gasteiger partial charge in [0.1, 0.15) is 0 Å². The first-order valence-electron chi connectivity index (χ1n) is 6.53. The third-order valence-corrected chi connectivity index (χ3v) is 3.89. The fourth-order valence-electron chi connectivity index (χ4n) is 2.64. The summed E-state index contributed by atoms with van der Waals surface area (Å²) in [6.45, 7) is 0. The van der Waals surface area contributed by atoms with E-state index in [1.807, 2.05) is 6.07 Å². The van der Waals surface area contributed by atoms with Gasteiger partial charge in [0.25, 0.3) is 0 Å². The van der Waals surface area contributed by atoms with Gasteiger partial charge < -0.3 is 10.3 Å². The van der Waals surface area contributed by atoms with E-state index in [9.17, 15) is 0 Å². The third-order valence-electron chi connectivity index (χ3n) is 3.89. The van der Waals surface area contributed by atoms with Crippen molar-refractivity contribution in [2.45, 2.75) is 37.6 Å². The summed E-state index contributed by atoms with van der Waals surface area (Å²) in [6.07, 6.45) is 4.46. The highest BCUT2D eigenvalue weighted by atomic mass is 35.5. The van der Waals surface area contributed by atoms with Crippen LogP contribution in [0, 0.1) is 0 Å². The Balaban J connectivity index is 0.000000735. The number of hydrogen-bond acceptors (Lipinski definition) is 4. The van der Waals surface area contributed by atoms with Crippen LogP contribution in [-0.4, -0.2) is 10.1 Å². The first kappa shape index (κ1) is 15.3. The van der Waals surface area contributed by atoms with Crippen molar-refractivity contribution in [2.24, 2.45) is 5.73 Å². The summed E-state index contributed by atoms with van der Waals surface area (Å²) in [6, 6.07) is 6.51. The zero-order valence-corrected chi connectivity index (χ0v) is 12.5. The number of benzene rings is 1. The predicted molar refractivity (Wildman–Crippen MR) is 81.5 cm³/mol. The minimum atomic E-state index is 0. The number of rotatable bonds is 2. The van der Waals surface area contributed by atoms with Crippen molar-refractivity contribution in [1.82, 2.24) is 10.1 Å². The van der Waals surface area contributed by atoms with Gasteiger partial charge in [0.15, 0.2) is 0 Å². The molecule has 2 N–H and O–H groups in total. The van der Waals surface area contributed by atoms with Crippen LogP contribution in [0.4, 0.5) is 0 Å². The van der Waals surface area contributed by atoms with E-state index in [-0.39, 0.29) is 30.9 Å². The Hall–Kier alpha value is -1.10. The molecular weight excluding hydrogens is 297 g/mol. The SMILES string of the molecule is Cl.Cl.N[C@@H]1CCc2cc(-c3noc(C4CC4)n3)ccc21. The van der Waals surface area contributed by atoms with Crippen LogP contribution in [0.15, 0.2) is 22.7 Å². The van der Waals surface area contributed by atoms with Crippen LogP contribution in [0.1, 0.15) is 48.2 Å².